The van der Waals surface area contributed by atoms with Crippen LogP contribution in [-0.2, 0) is 14.6 Å². The highest BCUT2D eigenvalue weighted by Crippen LogP contribution is 2.31. The molecule has 0 atom stereocenters. The third-order valence-electron chi connectivity index (χ3n) is 4.85. The summed E-state index contributed by atoms with van der Waals surface area (Å²) in [6.07, 6.45) is 7.16. The van der Waals surface area contributed by atoms with Gasteiger partial charge in [0.25, 0.3) is 5.16 Å². The Morgan fingerprint density at radius 3 is 2.43 bits per heavy atom. The number of aryl methyl sites for hydroxylation is 1. The van der Waals surface area contributed by atoms with Crippen molar-refractivity contribution < 1.29 is 13.2 Å². The fourth-order valence-corrected chi connectivity index (χ4v) is 4.72. The van der Waals surface area contributed by atoms with Gasteiger partial charge in [-0.1, -0.05) is 19.3 Å². The Bertz CT molecular complexity index is 688. The standard InChI is InChI=1S/C15H24N4O3S/c1-11-16-17-15(19(11)13-6-4-3-5-7-13)23(21,22)10-14(20)18(2)12-8-9-12/h12-13H,3-10H2,1-2H3. The molecule has 0 aliphatic heterocycles. The molecule has 2 aliphatic rings. The van der Waals surface area contributed by atoms with E-state index in [0.29, 0.717) is 5.82 Å². The Morgan fingerprint density at radius 1 is 1.17 bits per heavy atom. The molecule has 2 fully saturated rings. The van der Waals surface area contributed by atoms with Gasteiger partial charge in [-0.2, -0.15) is 0 Å². The van der Waals surface area contributed by atoms with Gasteiger partial charge in [0.1, 0.15) is 11.6 Å². The minimum Gasteiger partial charge on any atom is -0.342 e. The molecule has 1 amide bonds. The molecule has 2 aliphatic carbocycles. The lowest BCUT2D eigenvalue weighted by atomic mass is 9.95. The highest BCUT2D eigenvalue weighted by atomic mass is 32.2. The van der Waals surface area contributed by atoms with Crippen molar-refractivity contribution in [2.45, 2.75) is 69.1 Å². The summed E-state index contributed by atoms with van der Waals surface area (Å²) in [5.41, 5.74) is 0. The first kappa shape index (κ1) is 16.4. The average molecular weight is 340 g/mol. The topological polar surface area (TPSA) is 85.2 Å². The molecule has 23 heavy (non-hydrogen) atoms. The molecule has 0 N–H and O–H groups in total. The zero-order chi connectivity index (χ0) is 16.6. The average Bonchev–Trinajstić information content (AvgIpc) is 3.29. The van der Waals surface area contributed by atoms with Gasteiger partial charge in [-0.05, 0) is 32.6 Å². The molecule has 0 saturated heterocycles. The summed E-state index contributed by atoms with van der Waals surface area (Å²) < 4.78 is 27.1. The maximum Gasteiger partial charge on any atom is 0.250 e. The van der Waals surface area contributed by atoms with Gasteiger partial charge in [-0.25, -0.2) is 8.42 Å². The van der Waals surface area contributed by atoms with Crippen LogP contribution in [-0.4, -0.2) is 52.8 Å². The number of hydrogen-bond donors (Lipinski definition) is 0. The fourth-order valence-electron chi connectivity index (χ4n) is 3.32. The predicted molar refractivity (Wildman–Crippen MR) is 84.7 cm³/mol. The number of nitrogens with zero attached hydrogens (tertiary/aromatic N) is 4. The summed E-state index contributed by atoms with van der Waals surface area (Å²) in [5.74, 6) is -0.271. The lowest BCUT2D eigenvalue weighted by Gasteiger charge is -2.25. The van der Waals surface area contributed by atoms with Gasteiger partial charge < -0.3 is 4.90 Å². The molecule has 0 bridgehead atoms. The maximum atomic E-state index is 12.7. The van der Waals surface area contributed by atoms with E-state index in [1.54, 1.807) is 23.4 Å². The van der Waals surface area contributed by atoms with Gasteiger partial charge in [-0.15, -0.1) is 10.2 Å². The number of rotatable bonds is 5. The largest absolute Gasteiger partial charge is 0.342 e. The maximum absolute atomic E-state index is 12.7. The van der Waals surface area contributed by atoms with Crippen molar-refractivity contribution in [2.24, 2.45) is 0 Å². The number of carbonyl (C=O) groups excluding carboxylic acids is 1. The first-order chi connectivity index (χ1) is 10.9. The quantitative estimate of drug-likeness (QED) is 0.810. The molecular formula is C15H24N4O3S. The van der Waals surface area contributed by atoms with Crippen LogP contribution in [0.5, 0.6) is 0 Å². The molecule has 3 rings (SSSR count). The smallest absolute Gasteiger partial charge is 0.250 e. The van der Waals surface area contributed by atoms with Crippen LogP contribution in [0.25, 0.3) is 0 Å². The van der Waals surface area contributed by atoms with Gasteiger partial charge >= 0.3 is 0 Å². The van der Waals surface area contributed by atoms with E-state index in [1.807, 2.05) is 0 Å². The van der Waals surface area contributed by atoms with E-state index in [4.69, 9.17) is 0 Å². The molecule has 1 aromatic rings. The summed E-state index contributed by atoms with van der Waals surface area (Å²) in [7, 11) is -2.10. The second-order valence-electron chi connectivity index (χ2n) is 6.69. The van der Waals surface area contributed by atoms with Crippen LogP contribution < -0.4 is 0 Å². The lowest BCUT2D eigenvalue weighted by Crippen LogP contribution is -2.35. The predicted octanol–water partition coefficient (Wildman–Crippen LogP) is 1.49. The van der Waals surface area contributed by atoms with Crippen LogP contribution in [0.2, 0.25) is 0 Å². The van der Waals surface area contributed by atoms with Crippen LogP contribution in [0.3, 0.4) is 0 Å². The molecule has 0 aromatic carbocycles. The van der Waals surface area contributed by atoms with Crippen molar-refractivity contribution in [2.75, 3.05) is 12.8 Å². The van der Waals surface area contributed by atoms with E-state index in [2.05, 4.69) is 10.2 Å². The van der Waals surface area contributed by atoms with Crippen LogP contribution in [0.1, 0.15) is 56.8 Å². The number of hydrogen-bond acceptors (Lipinski definition) is 5. The summed E-state index contributed by atoms with van der Waals surface area (Å²) in [6.45, 7) is 1.78. The van der Waals surface area contributed by atoms with Crippen molar-refractivity contribution >= 4 is 15.7 Å². The van der Waals surface area contributed by atoms with E-state index < -0.39 is 15.6 Å². The number of sulfone groups is 1. The Labute approximate surface area is 137 Å². The molecule has 0 spiro atoms. The second-order valence-corrected chi connectivity index (χ2v) is 8.57. The highest BCUT2D eigenvalue weighted by molar-refractivity contribution is 7.91. The molecule has 7 nitrogen and oxygen atoms in total. The van der Waals surface area contributed by atoms with Gasteiger partial charge in [0.15, 0.2) is 0 Å². The Morgan fingerprint density at radius 2 is 1.83 bits per heavy atom. The van der Waals surface area contributed by atoms with Crippen molar-refractivity contribution in [1.82, 2.24) is 19.7 Å². The first-order valence-electron chi connectivity index (χ1n) is 8.30. The summed E-state index contributed by atoms with van der Waals surface area (Å²) in [5, 5.41) is 7.81. The number of aromatic nitrogens is 3. The van der Waals surface area contributed by atoms with Crippen LogP contribution in [0.15, 0.2) is 5.16 Å². The van der Waals surface area contributed by atoms with Gasteiger partial charge in [0.05, 0.1) is 0 Å². The van der Waals surface area contributed by atoms with Crippen LogP contribution >= 0.6 is 0 Å². The normalized spacial score (nSPS) is 19.7. The fraction of sp³-hybridized carbons (Fsp3) is 0.800. The minimum absolute atomic E-state index is 0.0422. The van der Waals surface area contributed by atoms with Gasteiger partial charge in [0.2, 0.25) is 15.7 Å². The first-order valence-corrected chi connectivity index (χ1v) is 9.95. The number of carbonyl (C=O) groups is 1. The molecule has 1 heterocycles. The van der Waals surface area contributed by atoms with Gasteiger partial charge in [0, 0.05) is 19.1 Å². The van der Waals surface area contributed by atoms with Crippen molar-refractivity contribution in [3.05, 3.63) is 5.82 Å². The van der Waals surface area contributed by atoms with Crippen molar-refractivity contribution in [1.29, 1.82) is 0 Å². The molecule has 0 unspecified atom stereocenters. The van der Waals surface area contributed by atoms with E-state index >= 15 is 0 Å². The Hall–Kier alpha value is -1.44. The lowest BCUT2D eigenvalue weighted by molar-refractivity contribution is -0.127. The summed E-state index contributed by atoms with van der Waals surface area (Å²) in [4.78, 5) is 13.7. The van der Waals surface area contributed by atoms with E-state index in [9.17, 15) is 13.2 Å². The Balaban J connectivity index is 1.83. The molecular weight excluding hydrogens is 316 g/mol. The molecule has 2 saturated carbocycles. The molecule has 8 heteroatoms. The zero-order valence-electron chi connectivity index (χ0n) is 13.7. The summed E-state index contributed by atoms with van der Waals surface area (Å²) >= 11 is 0. The number of amides is 1. The van der Waals surface area contributed by atoms with E-state index in [-0.39, 0.29) is 23.1 Å². The van der Waals surface area contributed by atoms with Crippen LogP contribution in [0, 0.1) is 6.92 Å². The van der Waals surface area contributed by atoms with Gasteiger partial charge in [-0.3, -0.25) is 9.36 Å². The zero-order valence-corrected chi connectivity index (χ0v) is 14.5. The third-order valence-corrected chi connectivity index (χ3v) is 6.32. The molecule has 0 radical (unpaired) electrons. The third kappa shape index (κ3) is 3.41. The van der Waals surface area contributed by atoms with Crippen LogP contribution in [0.4, 0.5) is 0 Å². The molecule has 128 valence electrons. The SMILES string of the molecule is Cc1nnc(S(=O)(=O)CC(=O)N(C)C2CC2)n1C1CCCCC1. The van der Waals surface area contributed by atoms with E-state index in [0.717, 1.165) is 38.5 Å². The van der Waals surface area contributed by atoms with Crippen molar-refractivity contribution in [3.8, 4) is 0 Å². The monoisotopic (exact) mass is 340 g/mol. The van der Waals surface area contributed by atoms with Crippen molar-refractivity contribution in [3.63, 3.8) is 0 Å². The molecule has 1 aromatic heterocycles. The highest BCUT2D eigenvalue weighted by Gasteiger charge is 2.35. The summed E-state index contributed by atoms with van der Waals surface area (Å²) in [6, 6.07) is 0.329. The second kappa shape index (κ2) is 6.22. The van der Waals surface area contributed by atoms with E-state index in [1.165, 1.54) is 6.42 Å². The Kier molecular flexibility index (Phi) is 4.44. The minimum atomic E-state index is -3.77.